The first-order chi connectivity index (χ1) is 9.31. The maximum Gasteiger partial charge on any atom is 0.226 e. The van der Waals surface area contributed by atoms with E-state index in [-0.39, 0.29) is 0 Å². The summed E-state index contributed by atoms with van der Waals surface area (Å²) in [6, 6.07) is 0. The molecule has 2 N–H and O–H groups in total. The van der Waals surface area contributed by atoms with Crippen molar-refractivity contribution in [2.75, 3.05) is 39.3 Å². The lowest BCUT2D eigenvalue weighted by molar-refractivity contribution is -0.133. The number of nitrogens with zero attached hydrogens (tertiary/aromatic N) is 2. The van der Waals surface area contributed by atoms with Crippen LogP contribution in [0.5, 0.6) is 0 Å². The van der Waals surface area contributed by atoms with E-state index in [4.69, 9.17) is 5.73 Å². The molecule has 1 amide bonds. The molecule has 0 aromatic carbocycles. The van der Waals surface area contributed by atoms with Crippen LogP contribution in [-0.4, -0.2) is 55.0 Å². The molecule has 2 atom stereocenters. The zero-order valence-electron chi connectivity index (χ0n) is 11.9. The van der Waals surface area contributed by atoms with Crippen LogP contribution in [0, 0.1) is 17.8 Å². The molecule has 2 aliphatic carbocycles. The molecule has 19 heavy (non-hydrogen) atoms. The van der Waals surface area contributed by atoms with Crippen molar-refractivity contribution in [3.63, 3.8) is 0 Å². The van der Waals surface area contributed by atoms with Gasteiger partial charge in [-0.15, -0.1) is 0 Å². The van der Waals surface area contributed by atoms with E-state index in [1.54, 1.807) is 0 Å². The number of hydrogen-bond donors (Lipinski definition) is 1. The van der Waals surface area contributed by atoms with Gasteiger partial charge in [-0.1, -0.05) is 12.8 Å². The van der Waals surface area contributed by atoms with Crippen LogP contribution >= 0.6 is 0 Å². The van der Waals surface area contributed by atoms with Crippen LogP contribution in [0.2, 0.25) is 0 Å². The summed E-state index contributed by atoms with van der Waals surface area (Å²) in [6.07, 6.45) is 6.39. The average molecular weight is 265 g/mol. The Hall–Kier alpha value is -0.610. The van der Waals surface area contributed by atoms with Crippen molar-refractivity contribution < 1.29 is 4.79 Å². The Morgan fingerprint density at radius 2 is 1.74 bits per heavy atom. The first kappa shape index (κ1) is 13.4. The van der Waals surface area contributed by atoms with Gasteiger partial charge in [-0.25, -0.2) is 0 Å². The second kappa shape index (κ2) is 5.80. The maximum absolute atomic E-state index is 12.6. The van der Waals surface area contributed by atoms with Crippen LogP contribution in [0.15, 0.2) is 0 Å². The topological polar surface area (TPSA) is 49.6 Å². The number of hydrogen-bond acceptors (Lipinski definition) is 3. The van der Waals surface area contributed by atoms with Gasteiger partial charge in [0.25, 0.3) is 0 Å². The van der Waals surface area contributed by atoms with Crippen molar-refractivity contribution in [3.05, 3.63) is 0 Å². The smallest absolute Gasteiger partial charge is 0.226 e. The molecule has 3 fully saturated rings. The highest BCUT2D eigenvalue weighted by Crippen LogP contribution is 2.56. The summed E-state index contributed by atoms with van der Waals surface area (Å²) in [6.45, 7) is 5.66. The first-order valence-electron chi connectivity index (χ1n) is 8.02. The van der Waals surface area contributed by atoms with E-state index in [1.165, 1.54) is 25.7 Å². The Morgan fingerprint density at radius 1 is 1.00 bits per heavy atom. The minimum absolute atomic E-state index is 0.392. The first-order valence-corrected chi connectivity index (χ1v) is 8.02. The van der Waals surface area contributed by atoms with Gasteiger partial charge in [0.05, 0.1) is 0 Å². The van der Waals surface area contributed by atoms with Gasteiger partial charge >= 0.3 is 0 Å². The summed E-state index contributed by atoms with van der Waals surface area (Å²) in [5, 5.41) is 0. The Labute approximate surface area is 116 Å². The molecule has 0 aromatic rings. The number of amides is 1. The van der Waals surface area contributed by atoms with Crippen molar-refractivity contribution in [2.24, 2.45) is 23.5 Å². The molecule has 2 unspecified atom stereocenters. The molecule has 1 saturated heterocycles. The van der Waals surface area contributed by atoms with Crippen LogP contribution in [0.1, 0.15) is 32.1 Å². The highest BCUT2D eigenvalue weighted by atomic mass is 16.2. The van der Waals surface area contributed by atoms with Gasteiger partial charge < -0.3 is 15.5 Å². The van der Waals surface area contributed by atoms with Gasteiger partial charge in [0.2, 0.25) is 5.91 Å². The fourth-order valence-corrected chi connectivity index (χ4v) is 4.17. The Morgan fingerprint density at radius 3 is 2.42 bits per heavy atom. The average Bonchev–Trinajstić information content (AvgIpc) is 3.18. The molecular weight excluding hydrogens is 238 g/mol. The largest absolute Gasteiger partial charge is 0.341 e. The van der Waals surface area contributed by atoms with Crippen molar-refractivity contribution >= 4 is 5.91 Å². The van der Waals surface area contributed by atoms with E-state index >= 15 is 0 Å². The predicted molar refractivity (Wildman–Crippen MR) is 75.6 cm³/mol. The highest BCUT2D eigenvalue weighted by Gasteiger charge is 2.55. The fraction of sp³-hybridized carbons (Fsp3) is 0.933. The Kier molecular flexibility index (Phi) is 4.08. The van der Waals surface area contributed by atoms with Gasteiger partial charge in [-0.2, -0.15) is 0 Å². The van der Waals surface area contributed by atoms with E-state index in [2.05, 4.69) is 9.80 Å². The summed E-state index contributed by atoms with van der Waals surface area (Å²) >= 11 is 0. The lowest BCUT2D eigenvalue weighted by atomic mass is 10.0. The summed E-state index contributed by atoms with van der Waals surface area (Å²) in [7, 11) is 0. The Balaban J connectivity index is 1.53. The standard InChI is InChI=1S/C15H27N3O/c16-6-9-17-7-3-8-18(11-10-17)15(19)14-12-4-1-2-5-13(12)14/h12-14H,1-11,16H2. The molecule has 1 heterocycles. The fourth-order valence-electron chi connectivity index (χ4n) is 4.17. The van der Waals surface area contributed by atoms with Crippen molar-refractivity contribution in [2.45, 2.75) is 32.1 Å². The van der Waals surface area contributed by atoms with Crippen LogP contribution in [-0.2, 0) is 4.79 Å². The van der Waals surface area contributed by atoms with Crippen molar-refractivity contribution in [1.29, 1.82) is 0 Å². The van der Waals surface area contributed by atoms with E-state index in [0.717, 1.165) is 57.5 Å². The van der Waals surface area contributed by atoms with Crippen molar-refractivity contribution in [3.8, 4) is 0 Å². The molecule has 3 rings (SSSR count). The van der Waals surface area contributed by atoms with E-state index in [9.17, 15) is 4.79 Å². The van der Waals surface area contributed by atoms with E-state index in [0.29, 0.717) is 11.8 Å². The van der Waals surface area contributed by atoms with Gasteiger partial charge in [-0.3, -0.25) is 4.79 Å². The van der Waals surface area contributed by atoms with Crippen LogP contribution < -0.4 is 5.73 Å². The number of carbonyl (C=O) groups excluding carboxylic acids is 1. The zero-order valence-corrected chi connectivity index (χ0v) is 11.9. The number of carbonyl (C=O) groups is 1. The molecule has 4 heteroatoms. The molecule has 108 valence electrons. The molecule has 0 bridgehead atoms. The lowest BCUT2D eigenvalue weighted by Crippen LogP contribution is -2.37. The third kappa shape index (κ3) is 2.79. The van der Waals surface area contributed by atoms with Crippen LogP contribution in [0.25, 0.3) is 0 Å². The van der Waals surface area contributed by atoms with Gasteiger partial charge in [0, 0.05) is 38.6 Å². The van der Waals surface area contributed by atoms with Crippen LogP contribution in [0.4, 0.5) is 0 Å². The molecule has 4 nitrogen and oxygen atoms in total. The summed E-state index contributed by atoms with van der Waals surface area (Å²) < 4.78 is 0. The maximum atomic E-state index is 12.6. The minimum Gasteiger partial charge on any atom is -0.341 e. The lowest BCUT2D eigenvalue weighted by Gasteiger charge is -2.22. The molecule has 0 aromatic heterocycles. The van der Waals surface area contributed by atoms with E-state index < -0.39 is 0 Å². The monoisotopic (exact) mass is 265 g/mol. The summed E-state index contributed by atoms with van der Waals surface area (Å²) in [5.41, 5.74) is 5.62. The highest BCUT2D eigenvalue weighted by molar-refractivity contribution is 5.82. The zero-order chi connectivity index (χ0) is 13.2. The quantitative estimate of drug-likeness (QED) is 0.825. The third-order valence-electron chi connectivity index (χ3n) is 5.29. The van der Waals surface area contributed by atoms with E-state index in [1.807, 2.05) is 0 Å². The number of nitrogens with two attached hydrogens (primary N) is 1. The second-order valence-corrected chi connectivity index (χ2v) is 6.45. The minimum atomic E-state index is 0.392. The predicted octanol–water partition coefficient (Wildman–Crippen LogP) is 0.916. The number of rotatable bonds is 3. The Bertz CT molecular complexity index is 321. The summed E-state index contributed by atoms with van der Waals surface area (Å²) in [4.78, 5) is 17.2. The van der Waals surface area contributed by atoms with Crippen LogP contribution in [0.3, 0.4) is 0 Å². The molecule has 3 aliphatic rings. The normalized spacial score (nSPS) is 35.6. The third-order valence-corrected chi connectivity index (χ3v) is 5.29. The van der Waals surface area contributed by atoms with Gasteiger partial charge in [0.15, 0.2) is 0 Å². The van der Waals surface area contributed by atoms with Gasteiger partial charge in [-0.05, 0) is 37.6 Å². The molecule has 0 radical (unpaired) electrons. The molecule has 0 spiro atoms. The summed E-state index contributed by atoms with van der Waals surface area (Å²) in [5.74, 6) is 2.34. The SMILES string of the molecule is NCCN1CCCN(C(=O)C2C3CCCCC32)CC1. The van der Waals surface area contributed by atoms with Gasteiger partial charge in [0.1, 0.15) is 0 Å². The van der Waals surface area contributed by atoms with Crippen molar-refractivity contribution in [1.82, 2.24) is 9.80 Å². The number of fused-ring (bicyclic) bond motifs is 1. The molecular formula is C15H27N3O. The molecule has 1 aliphatic heterocycles. The molecule has 2 saturated carbocycles. The second-order valence-electron chi connectivity index (χ2n) is 6.45.